The van der Waals surface area contributed by atoms with Crippen LogP contribution in [0.2, 0.25) is 0 Å². The number of anilines is 2. The molecular weight excluding hydrogens is 276 g/mol. The van der Waals surface area contributed by atoms with Gasteiger partial charge in [0.05, 0.1) is 6.54 Å². The lowest BCUT2D eigenvalue weighted by Gasteiger charge is -2.08. The monoisotopic (exact) mass is 284 g/mol. The third kappa shape index (κ3) is 2.28. The van der Waals surface area contributed by atoms with E-state index < -0.39 is 0 Å². The molecule has 0 atom stereocenters. The first-order valence-corrected chi connectivity index (χ1v) is 5.21. The largest absolute Gasteiger partial charge is 0.364 e. The summed E-state index contributed by atoms with van der Waals surface area (Å²) >= 11 is 3.33. The molecule has 0 unspecified atom stereocenters. The smallest absolute Gasteiger partial charge is 0.159 e. The molecule has 2 rings (SSSR count). The van der Waals surface area contributed by atoms with E-state index in [0.29, 0.717) is 22.7 Å². The highest BCUT2D eigenvalue weighted by Crippen LogP contribution is 2.25. The fourth-order valence-electron chi connectivity index (χ4n) is 1.10. The van der Waals surface area contributed by atoms with Crippen molar-refractivity contribution in [2.45, 2.75) is 6.54 Å². The van der Waals surface area contributed by atoms with E-state index in [1.807, 2.05) is 0 Å². The highest BCUT2D eigenvalue weighted by Gasteiger charge is 2.07. The molecule has 2 heterocycles. The second kappa shape index (κ2) is 4.90. The average molecular weight is 285 g/mol. The minimum absolute atomic E-state index is 0.510. The van der Waals surface area contributed by atoms with Gasteiger partial charge in [0.1, 0.15) is 28.6 Å². The van der Waals surface area contributed by atoms with Crippen molar-refractivity contribution in [3.8, 4) is 0 Å². The second-order valence-electron chi connectivity index (χ2n) is 2.87. The molecule has 2 aromatic rings. The first-order chi connectivity index (χ1) is 7.81. The Balaban J connectivity index is 2.09. The minimum atomic E-state index is 0.510. The third-order valence-electron chi connectivity index (χ3n) is 1.85. The molecule has 0 fully saturated rings. The quantitative estimate of drug-likeness (QED) is 0.571. The molecule has 0 aliphatic heterocycles. The fourth-order valence-corrected chi connectivity index (χ4v) is 1.56. The summed E-state index contributed by atoms with van der Waals surface area (Å²) < 4.78 is 5.38. The normalized spacial score (nSPS) is 10.1. The van der Waals surface area contributed by atoms with E-state index in [4.69, 9.17) is 10.4 Å². The van der Waals surface area contributed by atoms with Crippen molar-refractivity contribution >= 4 is 27.6 Å². The van der Waals surface area contributed by atoms with E-state index in [2.05, 4.69) is 41.8 Å². The maximum atomic E-state index is 5.28. The van der Waals surface area contributed by atoms with E-state index in [0.717, 1.165) is 5.69 Å². The number of nitrogens with zero attached hydrogens (tertiary/aromatic N) is 3. The lowest BCUT2D eigenvalue weighted by Crippen LogP contribution is -2.11. The molecule has 7 nitrogen and oxygen atoms in total. The van der Waals surface area contributed by atoms with Gasteiger partial charge in [-0.1, -0.05) is 5.16 Å². The molecule has 4 N–H and O–H groups in total. The second-order valence-corrected chi connectivity index (χ2v) is 3.67. The fraction of sp³-hybridized carbons (Fsp3) is 0.125. The molecular formula is C8H9BrN6O. The molecule has 0 aliphatic carbocycles. The summed E-state index contributed by atoms with van der Waals surface area (Å²) in [5, 5.41) is 6.84. The molecule has 0 aromatic carbocycles. The van der Waals surface area contributed by atoms with E-state index in [-0.39, 0.29) is 0 Å². The van der Waals surface area contributed by atoms with E-state index in [1.165, 1.54) is 12.6 Å². The summed E-state index contributed by atoms with van der Waals surface area (Å²) in [6.45, 7) is 0.510. The van der Waals surface area contributed by atoms with Crippen LogP contribution in [-0.2, 0) is 6.54 Å². The van der Waals surface area contributed by atoms with E-state index >= 15 is 0 Å². The van der Waals surface area contributed by atoms with Crippen molar-refractivity contribution in [3.05, 3.63) is 28.8 Å². The lowest BCUT2D eigenvalue weighted by molar-refractivity contribution is 0.412. The molecule has 8 heteroatoms. The van der Waals surface area contributed by atoms with Gasteiger partial charge in [-0.3, -0.25) is 0 Å². The van der Waals surface area contributed by atoms with Crippen molar-refractivity contribution < 1.29 is 4.52 Å². The van der Waals surface area contributed by atoms with Crippen LogP contribution in [0, 0.1) is 0 Å². The Morgan fingerprint density at radius 1 is 1.38 bits per heavy atom. The van der Waals surface area contributed by atoms with Crippen LogP contribution in [0.25, 0.3) is 0 Å². The molecule has 0 bridgehead atoms. The Morgan fingerprint density at radius 3 is 2.88 bits per heavy atom. The number of hydrogen-bond acceptors (Lipinski definition) is 7. The number of halogens is 1. The molecule has 0 radical (unpaired) electrons. The molecule has 0 saturated carbocycles. The van der Waals surface area contributed by atoms with Crippen LogP contribution in [0.5, 0.6) is 0 Å². The van der Waals surface area contributed by atoms with Crippen molar-refractivity contribution in [1.82, 2.24) is 15.1 Å². The number of aromatic nitrogens is 3. The Kier molecular flexibility index (Phi) is 3.32. The topological polar surface area (TPSA) is 102 Å². The van der Waals surface area contributed by atoms with Gasteiger partial charge in [-0.25, -0.2) is 15.8 Å². The minimum Gasteiger partial charge on any atom is -0.364 e. The van der Waals surface area contributed by atoms with Crippen LogP contribution in [0.3, 0.4) is 0 Å². The van der Waals surface area contributed by atoms with E-state index in [9.17, 15) is 0 Å². The van der Waals surface area contributed by atoms with Crippen molar-refractivity contribution in [2.75, 3.05) is 10.7 Å². The molecule has 84 valence electrons. The zero-order valence-electron chi connectivity index (χ0n) is 8.14. The average Bonchev–Trinajstić information content (AvgIpc) is 2.81. The Bertz CT molecular complexity index is 460. The summed E-state index contributed by atoms with van der Waals surface area (Å²) in [5.41, 5.74) is 3.24. The van der Waals surface area contributed by atoms with Gasteiger partial charge in [0.25, 0.3) is 0 Å². The summed E-state index contributed by atoms with van der Waals surface area (Å²) in [5.74, 6) is 6.43. The van der Waals surface area contributed by atoms with Crippen molar-refractivity contribution in [3.63, 3.8) is 0 Å². The predicted octanol–water partition coefficient (Wildman–Crippen LogP) is 1.12. The number of hydrogen-bond donors (Lipinski definition) is 3. The predicted molar refractivity (Wildman–Crippen MR) is 61.4 cm³/mol. The van der Waals surface area contributed by atoms with Crippen LogP contribution in [0.4, 0.5) is 11.6 Å². The Hall–Kier alpha value is -1.67. The summed E-state index contributed by atoms with van der Waals surface area (Å²) in [6, 6.07) is 1.77. The first kappa shape index (κ1) is 10.8. The third-order valence-corrected chi connectivity index (χ3v) is 2.61. The molecule has 0 aliphatic rings. The van der Waals surface area contributed by atoms with Crippen molar-refractivity contribution in [1.29, 1.82) is 0 Å². The van der Waals surface area contributed by atoms with Gasteiger partial charge in [-0.05, 0) is 15.9 Å². The van der Waals surface area contributed by atoms with Gasteiger partial charge in [0.2, 0.25) is 0 Å². The van der Waals surface area contributed by atoms with Crippen LogP contribution >= 0.6 is 15.9 Å². The molecule has 0 saturated heterocycles. The van der Waals surface area contributed by atoms with Gasteiger partial charge >= 0.3 is 0 Å². The Labute approximate surface area is 99.5 Å². The number of nitrogens with two attached hydrogens (primary N) is 1. The standard InChI is InChI=1S/C8H9BrN6O/c9-6-7(12-4-13-8(6)14-10)11-3-5-1-2-16-15-5/h1-2,4H,3,10H2,(H2,11,12,13,14). The number of nitrogens with one attached hydrogen (secondary N) is 2. The van der Waals surface area contributed by atoms with Crippen LogP contribution in [0.1, 0.15) is 5.69 Å². The van der Waals surface area contributed by atoms with Gasteiger partial charge in [0.15, 0.2) is 5.82 Å². The van der Waals surface area contributed by atoms with E-state index in [1.54, 1.807) is 6.07 Å². The van der Waals surface area contributed by atoms with Crippen LogP contribution in [-0.4, -0.2) is 15.1 Å². The zero-order valence-corrected chi connectivity index (χ0v) is 9.73. The lowest BCUT2D eigenvalue weighted by atomic mass is 10.4. The first-order valence-electron chi connectivity index (χ1n) is 4.41. The number of nitrogen functional groups attached to an aromatic ring is 1. The van der Waals surface area contributed by atoms with Gasteiger partial charge in [0, 0.05) is 6.07 Å². The maximum absolute atomic E-state index is 5.28. The van der Waals surface area contributed by atoms with Crippen LogP contribution < -0.4 is 16.6 Å². The SMILES string of the molecule is NNc1ncnc(NCc2ccon2)c1Br. The highest BCUT2D eigenvalue weighted by molar-refractivity contribution is 9.10. The van der Waals surface area contributed by atoms with Gasteiger partial charge in [-0.15, -0.1) is 0 Å². The summed E-state index contributed by atoms with van der Waals surface area (Å²) in [6.07, 6.45) is 2.92. The van der Waals surface area contributed by atoms with Gasteiger partial charge < -0.3 is 15.3 Å². The summed E-state index contributed by atoms with van der Waals surface area (Å²) in [7, 11) is 0. The molecule has 16 heavy (non-hydrogen) atoms. The number of hydrazine groups is 1. The van der Waals surface area contributed by atoms with Crippen molar-refractivity contribution in [2.24, 2.45) is 5.84 Å². The maximum Gasteiger partial charge on any atom is 0.159 e. The molecule has 0 spiro atoms. The highest BCUT2D eigenvalue weighted by atomic mass is 79.9. The van der Waals surface area contributed by atoms with Crippen LogP contribution in [0.15, 0.2) is 27.7 Å². The molecule has 0 amide bonds. The van der Waals surface area contributed by atoms with Gasteiger partial charge in [-0.2, -0.15) is 0 Å². The Morgan fingerprint density at radius 2 is 2.19 bits per heavy atom. The zero-order chi connectivity index (χ0) is 11.4. The summed E-state index contributed by atoms with van der Waals surface area (Å²) in [4.78, 5) is 8.00. The molecule has 2 aromatic heterocycles. The number of rotatable bonds is 4.